The lowest BCUT2D eigenvalue weighted by molar-refractivity contribution is -0.289. The SMILES string of the molecule is CCOC(=O)NCC1=C(n2ccccc2=O)c2cc(C(F)(F)C(F)(F)F)ccc2OC1(C)C. The molecule has 1 aliphatic rings. The molecule has 0 saturated carbocycles. The number of ether oxygens (including phenoxy) is 2. The second kappa shape index (κ2) is 8.53. The van der Waals surface area contributed by atoms with E-state index in [0.717, 1.165) is 10.6 Å². The number of alkyl halides is 5. The monoisotopic (exact) mass is 472 g/mol. The van der Waals surface area contributed by atoms with Gasteiger partial charge in [-0.25, -0.2) is 4.79 Å². The molecular weight excluding hydrogens is 451 g/mol. The summed E-state index contributed by atoms with van der Waals surface area (Å²) in [5, 5.41) is 2.49. The number of halogens is 5. The molecule has 33 heavy (non-hydrogen) atoms. The average molecular weight is 472 g/mol. The molecule has 0 atom stereocenters. The number of hydrogen-bond donors (Lipinski definition) is 1. The van der Waals surface area contributed by atoms with Crippen LogP contribution in [0.5, 0.6) is 5.75 Å². The number of benzene rings is 1. The minimum absolute atomic E-state index is 0.00682. The number of hydrogen-bond acceptors (Lipinski definition) is 4. The van der Waals surface area contributed by atoms with Crippen molar-refractivity contribution in [2.45, 2.75) is 38.5 Å². The number of amides is 1. The molecule has 2 aromatic rings. The number of rotatable bonds is 5. The van der Waals surface area contributed by atoms with E-state index < -0.39 is 34.9 Å². The second-order valence-corrected chi connectivity index (χ2v) is 7.71. The van der Waals surface area contributed by atoms with Gasteiger partial charge in [0.2, 0.25) is 0 Å². The van der Waals surface area contributed by atoms with E-state index in [0.29, 0.717) is 12.1 Å². The molecular formula is C22H21F5N2O4. The van der Waals surface area contributed by atoms with E-state index in [1.807, 2.05) is 0 Å². The zero-order valence-corrected chi connectivity index (χ0v) is 17.9. The van der Waals surface area contributed by atoms with Gasteiger partial charge in [0.1, 0.15) is 11.4 Å². The molecule has 0 radical (unpaired) electrons. The molecule has 0 aliphatic carbocycles. The number of nitrogens with zero attached hydrogens (tertiary/aromatic N) is 1. The second-order valence-electron chi connectivity index (χ2n) is 7.71. The molecule has 2 heterocycles. The fourth-order valence-corrected chi connectivity index (χ4v) is 3.47. The van der Waals surface area contributed by atoms with Crippen molar-refractivity contribution < 1.29 is 36.2 Å². The summed E-state index contributed by atoms with van der Waals surface area (Å²) in [5.74, 6) is -5.13. The maximum Gasteiger partial charge on any atom is 0.458 e. The lowest BCUT2D eigenvalue weighted by Crippen LogP contribution is -2.42. The van der Waals surface area contributed by atoms with Gasteiger partial charge >= 0.3 is 18.2 Å². The van der Waals surface area contributed by atoms with Crippen molar-refractivity contribution in [3.63, 3.8) is 0 Å². The van der Waals surface area contributed by atoms with Gasteiger partial charge in [-0.05, 0) is 45.0 Å². The van der Waals surface area contributed by atoms with Crippen molar-refractivity contribution in [1.29, 1.82) is 0 Å². The lowest BCUT2D eigenvalue weighted by Gasteiger charge is -2.38. The Morgan fingerprint density at radius 3 is 2.45 bits per heavy atom. The van der Waals surface area contributed by atoms with Gasteiger partial charge in [0.15, 0.2) is 0 Å². The van der Waals surface area contributed by atoms with E-state index in [-0.39, 0.29) is 35.7 Å². The van der Waals surface area contributed by atoms with Gasteiger partial charge in [-0.15, -0.1) is 0 Å². The van der Waals surface area contributed by atoms with E-state index in [4.69, 9.17) is 9.47 Å². The first-order chi connectivity index (χ1) is 15.3. The van der Waals surface area contributed by atoms with Crippen LogP contribution in [0, 0.1) is 0 Å². The zero-order valence-electron chi connectivity index (χ0n) is 17.9. The van der Waals surface area contributed by atoms with Gasteiger partial charge in [-0.1, -0.05) is 6.07 Å². The molecule has 0 spiro atoms. The number of aromatic nitrogens is 1. The van der Waals surface area contributed by atoms with Crippen molar-refractivity contribution >= 4 is 11.8 Å². The Morgan fingerprint density at radius 2 is 1.85 bits per heavy atom. The molecule has 0 bridgehead atoms. The number of carbonyl (C=O) groups is 1. The summed E-state index contributed by atoms with van der Waals surface area (Å²) in [5.41, 5.74) is -2.88. The minimum Gasteiger partial charge on any atom is -0.483 e. The third-order valence-corrected chi connectivity index (χ3v) is 5.08. The first-order valence-corrected chi connectivity index (χ1v) is 9.90. The summed E-state index contributed by atoms with van der Waals surface area (Å²) in [6, 6.07) is 6.46. The van der Waals surface area contributed by atoms with Crippen molar-refractivity contribution in [3.8, 4) is 5.75 Å². The van der Waals surface area contributed by atoms with Crippen LogP contribution in [0.1, 0.15) is 31.9 Å². The van der Waals surface area contributed by atoms with Gasteiger partial charge in [0, 0.05) is 35.5 Å². The number of carbonyl (C=O) groups excluding carboxylic acids is 1. The maximum absolute atomic E-state index is 14.1. The van der Waals surface area contributed by atoms with Crippen LogP contribution in [0.3, 0.4) is 0 Å². The first-order valence-electron chi connectivity index (χ1n) is 9.90. The molecule has 1 aromatic heterocycles. The molecule has 3 rings (SSSR count). The Labute approximate surface area is 185 Å². The van der Waals surface area contributed by atoms with Crippen molar-refractivity contribution in [2.75, 3.05) is 13.2 Å². The van der Waals surface area contributed by atoms with Crippen molar-refractivity contribution in [3.05, 3.63) is 69.6 Å². The average Bonchev–Trinajstić information content (AvgIpc) is 2.71. The normalized spacial score (nSPS) is 15.5. The molecule has 0 saturated heterocycles. The van der Waals surface area contributed by atoms with Gasteiger partial charge in [-0.3, -0.25) is 9.36 Å². The standard InChI is InChI=1S/C22H21F5N2O4/c1-4-32-19(31)28-12-15-18(29-10-6-5-7-17(29)30)14-11-13(21(23,24)22(25,26)27)8-9-16(14)33-20(15,2)3/h5-11H,4,12H2,1-3H3,(H,28,31). The highest BCUT2D eigenvalue weighted by Gasteiger charge is 2.59. The predicted octanol–water partition coefficient (Wildman–Crippen LogP) is 4.68. The van der Waals surface area contributed by atoms with Gasteiger partial charge in [0.05, 0.1) is 12.3 Å². The summed E-state index contributed by atoms with van der Waals surface area (Å²) >= 11 is 0. The van der Waals surface area contributed by atoms with E-state index in [2.05, 4.69) is 5.32 Å². The summed E-state index contributed by atoms with van der Waals surface area (Å²) in [6.07, 6.45) is -5.25. The van der Waals surface area contributed by atoms with E-state index in [1.54, 1.807) is 20.8 Å². The van der Waals surface area contributed by atoms with Crippen LogP contribution >= 0.6 is 0 Å². The Kier molecular flexibility index (Phi) is 6.27. The van der Waals surface area contributed by atoms with Crippen LogP contribution in [0.15, 0.2) is 53.0 Å². The molecule has 11 heteroatoms. The van der Waals surface area contributed by atoms with Crippen LogP contribution in [0.4, 0.5) is 26.7 Å². The van der Waals surface area contributed by atoms with E-state index >= 15 is 0 Å². The molecule has 0 fully saturated rings. The largest absolute Gasteiger partial charge is 0.483 e. The highest BCUT2D eigenvalue weighted by molar-refractivity contribution is 5.78. The fourth-order valence-electron chi connectivity index (χ4n) is 3.47. The summed E-state index contributed by atoms with van der Waals surface area (Å²) in [6.45, 7) is 4.70. The van der Waals surface area contributed by atoms with Crippen molar-refractivity contribution in [2.24, 2.45) is 0 Å². The summed E-state index contributed by atoms with van der Waals surface area (Å²) in [7, 11) is 0. The predicted molar refractivity (Wildman–Crippen MR) is 109 cm³/mol. The maximum atomic E-state index is 14.1. The first kappa shape index (κ1) is 24.3. The molecule has 178 valence electrons. The minimum atomic E-state index is -5.82. The number of pyridine rings is 1. The molecule has 6 nitrogen and oxygen atoms in total. The van der Waals surface area contributed by atoms with Gasteiger partial charge in [0.25, 0.3) is 5.56 Å². The Hall–Kier alpha value is -3.37. The fraction of sp³-hybridized carbons (Fsp3) is 0.364. The van der Waals surface area contributed by atoms with Gasteiger partial charge in [-0.2, -0.15) is 22.0 Å². The van der Waals surface area contributed by atoms with Gasteiger partial charge < -0.3 is 14.8 Å². The Morgan fingerprint density at radius 1 is 1.15 bits per heavy atom. The summed E-state index contributed by atoms with van der Waals surface area (Å²) < 4.78 is 79.1. The Balaban J connectivity index is 2.28. The third kappa shape index (κ3) is 4.57. The number of alkyl carbamates (subject to hydrolysis) is 1. The van der Waals surface area contributed by atoms with Crippen LogP contribution in [0.2, 0.25) is 0 Å². The zero-order chi connectivity index (χ0) is 24.6. The van der Waals surface area contributed by atoms with E-state index in [9.17, 15) is 31.5 Å². The number of nitrogens with one attached hydrogen (secondary N) is 1. The topological polar surface area (TPSA) is 69.6 Å². The molecule has 1 aromatic carbocycles. The molecule has 0 unspecified atom stereocenters. The summed E-state index contributed by atoms with van der Waals surface area (Å²) in [4.78, 5) is 24.5. The quantitative estimate of drug-likeness (QED) is 0.642. The molecule has 1 N–H and O–H groups in total. The van der Waals surface area contributed by atoms with Crippen LogP contribution < -0.4 is 15.6 Å². The van der Waals surface area contributed by atoms with Crippen LogP contribution in [0.25, 0.3) is 5.70 Å². The van der Waals surface area contributed by atoms with Crippen LogP contribution in [-0.4, -0.2) is 35.6 Å². The molecule has 1 amide bonds. The van der Waals surface area contributed by atoms with Crippen molar-refractivity contribution in [1.82, 2.24) is 9.88 Å². The van der Waals surface area contributed by atoms with E-state index in [1.165, 1.54) is 24.4 Å². The Bertz CT molecular complexity index is 1150. The lowest BCUT2D eigenvalue weighted by atomic mass is 9.88. The highest BCUT2D eigenvalue weighted by atomic mass is 19.4. The third-order valence-electron chi connectivity index (χ3n) is 5.08. The number of fused-ring (bicyclic) bond motifs is 1. The smallest absolute Gasteiger partial charge is 0.458 e. The van der Waals surface area contributed by atoms with Crippen LogP contribution in [-0.2, 0) is 10.7 Å². The highest BCUT2D eigenvalue weighted by Crippen LogP contribution is 2.47. The molecule has 1 aliphatic heterocycles.